The maximum atomic E-state index is 14.8. The maximum Gasteiger partial charge on any atom is 0.321 e. The summed E-state index contributed by atoms with van der Waals surface area (Å²) in [6.07, 6.45) is -0.282. The Hall–Kier alpha value is -9.45. The lowest BCUT2D eigenvalue weighted by Crippen LogP contribution is -2.60. The summed E-state index contributed by atoms with van der Waals surface area (Å²) in [5, 5.41) is 46.0. The van der Waals surface area contributed by atoms with Crippen molar-refractivity contribution in [3.8, 4) is 11.5 Å². The Morgan fingerprint density at radius 3 is 1.87 bits per heavy atom. The first-order chi connectivity index (χ1) is 40.3. The molecule has 1 aliphatic heterocycles. The molecule has 31 nitrogen and oxygen atoms in total. The quantitative estimate of drug-likeness (QED) is 0.0287. The monoisotopic (exact) mass is 1190 g/mol. The Balaban J connectivity index is 2.09. The molecule has 0 spiro atoms. The minimum absolute atomic E-state index is 0.00781. The first-order valence-electron chi connectivity index (χ1n) is 28.0. The van der Waals surface area contributed by atoms with Crippen molar-refractivity contribution in [3.63, 3.8) is 0 Å². The molecule has 0 radical (unpaired) electrons. The summed E-state index contributed by atoms with van der Waals surface area (Å²) in [5.41, 5.74) is 34.8. The average Bonchev–Trinajstić information content (AvgIpc) is 3.57. The van der Waals surface area contributed by atoms with E-state index < -0.39 is 108 Å². The van der Waals surface area contributed by atoms with Crippen LogP contribution >= 0.6 is 0 Å². The van der Waals surface area contributed by atoms with Crippen LogP contribution in [-0.2, 0) is 56.0 Å². The van der Waals surface area contributed by atoms with Gasteiger partial charge < -0.3 is 92.5 Å². The number of guanidine groups is 3. The van der Waals surface area contributed by atoms with Crippen LogP contribution in [0.2, 0.25) is 0 Å². The highest BCUT2D eigenvalue weighted by Crippen LogP contribution is 2.15. The molecule has 1 heterocycles. The number of urea groups is 1. The second-order valence-corrected chi connectivity index (χ2v) is 20.6. The predicted octanol–water partition coefficient (Wildman–Crippen LogP) is -3.98. The molecule has 0 aliphatic carbocycles. The predicted molar refractivity (Wildman–Crippen MR) is 315 cm³/mol. The van der Waals surface area contributed by atoms with Crippen LogP contribution in [0.15, 0.2) is 63.5 Å². The lowest BCUT2D eigenvalue weighted by molar-refractivity contribution is -0.136. The number of primary amides is 1. The molecule has 2 aromatic rings. The van der Waals surface area contributed by atoms with E-state index in [2.05, 4.69) is 68.1 Å². The third-order valence-electron chi connectivity index (χ3n) is 12.9. The standard InChI is InChI=1S/C54H85N19O12/c1-4-42(76)67-41-29-43(77)66-35(10-7-23-62-51(56)57)46(80)72-40(28-32-15-19-34(75)20-16-32)50(84)69-37(12-9-25-64-53(60)73-54(85)65-22-6-5-21-61-45(41)79)48(82)71-39(26-30(2)3)49(83)68-36(11-8-24-63-52(58)59)47(81)70-38(44(55)78)27-31-13-17-33(74)18-14-31/h13-20,30,35-41,74-75H,4-12,21-29H2,1-3H3,(H2,55,78)(H,61,79)(H,66,77)(H,67,76)(H,68,83)(H,69,84)(H,70,81)(H,71,82)(H,72,80)(H4,56,57,62)(H4,58,59,63)(H4,60,64,65,73,85)/t35-,36-,37-,38-,39-,40-,41+/m0/s1. The number of rotatable bonds is 23. The SMILES string of the molecule is CCC(=O)N[C@@H]1CC(=O)N[C@@H](CCCN=C(N)N)C(=O)N[C@@H](Cc2ccc(O)cc2)C(=O)N[C@H](C(=O)N[C@@H](CC(C)C)C(=O)N[C@@H](CCCN=C(N)N)C(=O)N[C@@H](Cc2ccc(O)cc2)C(N)=O)CCCN=C(N)NC(=O)NCCCCNC1=O. The van der Waals surface area contributed by atoms with Crippen LogP contribution < -0.4 is 87.6 Å². The van der Waals surface area contributed by atoms with Gasteiger partial charge in [0.25, 0.3) is 0 Å². The second kappa shape index (κ2) is 36.9. The fourth-order valence-corrected chi connectivity index (χ4v) is 8.47. The molecule has 2 aromatic carbocycles. The summed E-state index contributed by atoms with van der Waals surface area (Å²) < 4.78 is 0. The zero-order valence-corrected chi connectivity index (χ0v) is 48.2. The van der Waals surface area contributed by atoms with Crippen LogP contribution in [0.4, 0.5) is 4.79 Å². The van der Waals surface area contributed by atoms with Crippen LogP contribution in [0.1, 0.15) is 103 Å². The number of carbonyl (C=O) groups is 10. The van der Waals surface area contributed by atoms with Crippen molar-refractivity contribution < 1.29 is 58.2 Å². The van der Waals surface area contributed by atoms with Gasteiger partial charge in [0.2, 0.25) is 53.2 Å². The van der Waals surface area contributed by atoms with E-state index in [-0.39, 0.29) is 132 Å². The third-order valence-corrected chi connectivity index (χ3v) is 12.9. The van der Waals surface area contributed by atoms with Crippen LogP contribution in [0, 0.1) is 5.92 Å². The summed E-state index contributed by atoms with van der Waals surface area (Å²) >= 11 is 0. The number of benzene rings is 2. The summed E-state index contributed by atoms with van der Waals surface area (Å²) in [6, 6.07) is 1.03. The molecule has 7 atom stereocenters. The first-order valence-corrected chi connectivity index (χ1v) is 28.0. The van der Waals surface area contributed by atoms with Gasteiger partial charge in [0.1, 0.15) is 53.8 Å². The lowest BCUT2D eigenvalue weighted by atomic mass is 10.00. The van der Waals surface area contributed by atoms with Gasteiger partial charge in [-0.05, 0) is 99.1 Å². The Morgan fingerprint density at radius 2 is 1.27 bits per heavy atom. The van der Waals surface area contributed by atoms with Crippen molar-refractivity contribution in [2.45, 2.75) is 147 Å². The number of nitrogens with two attached hydrogens (primary N) is 6. The number of carbonyl (C=O) groups excluding carboxylic acids is 10. The molecule has 0 aromatic heterocycles. The molecule has 0 unspecified atom stereocenters. The van der Waals surface area contributed by atoms with E-state index >= 15 is 0 Å². The van der Waals surface area contributed by atoms with Gasteiger partial charge in [-0.1, -0.05) is 45.0 Å². The van der Waals surface area contributed by atoms with E-state index in [4.69, 9.17) is 34.4 Å². The number of nitrogens with zero attached hydrogens (tertiary/aromatic N) is 3. The number of aliphatic imine (C=N–C) groups is 3. The lowest BCUT2D eigenvalue weighted by Gasteiger charge is -2.28. The van der Waals surface area contributed by atoms with E-state index in [1.54, 1.807) is 20.8 Å². The normalized spacial score (nSPS) is 19.0. The van der Waals surface area contributed by atoms with Gasteiger partial charge in [0.05, 0.1) is 6.42 Å². The van der Waals surface area contributed by atoms with Crippen molar-refractivity contribution in [2.75, 3.05) is 32.7 Å². The van der Waals surface area contributed by atoms with E-state index in [0.717, 1.165) is 0 Å². The smallest absolute Gasteiger partial charge is 0.321 e. The summed E-state index contributed by atoms with van der Waals surface area (Å²) in [4.78, 5) is 150. The molecule has 0 saturated heterocycles. The largest absolute Gasteiger partial charge is 0.508 e. The molecule has 24 N–H and O–H groups in total. The van der Waals surface area contributed by atoms with Crippen molar-refractivity contribution in [1.29, 1.82) is 0 Å². The van der Waals surface area contributed by atoms with Gasteiger partial charge in [-0.15, -0.1) is 0 Å². The highest BCUT2D eigenvalue weighted by molar-refractivity contribution is 5.98. The molecule has 1 aliphatic rings. The number of aromatic hydroxyl groups is 2. The number of phenolic OH excluding ortho intramolecular Hbond substituents is 2. The summed E-state index contributed by atoms with van der Waals surface area (Å²) in [5.74, 6) is -8.52. The van der Waals surface area contributed by atoms with Crippen molar-refractivity contribution in [2.24, 2.45) is 55.3 Å². The minimum Gasteiger partial charge on any atom is -0.508 e. The van der Waals surface area contributed by atoms with Gasteiger partial charge in [-0.2, -0.15) is 0 Å². The Bertz CT molecular complexity index is 2660. The molecular weight excluding hydrogens is 1110 g/mol. The van der Waals surface area contributed by atoms with Crippen LogP contribution in [0.25, 0.3) is 0 Å². The second-order valence-electron chi connectivity index (χ2n) is 20.6. The maximum absolute atomic E-state index is 14.8. The number of phenols is 2. The highest BCUT2D eigenvalue weighted by atomic mass is 16.3. The Kier molecular flexibility index (Phi) is 30.3. The molecule has 0 bridgehead atoms. The number of hydrogen-bond acceptors (Lipinski definition) is 16. The van der Waals surface area contributed by atoms with Crippen molar-refractivity contribution in [1.82, 2.24) is 53.2 Å². The summed E-state index contributed by atoms with van der Waals surface area (Å²) in [6.45, 7) is 5.29. The molecule has 468 valence electrons. The van der Waals surface area contributed by atoms with Gasteiger partial charge >= 0.3 is 6.03 Å². The van der Waals surface area contributed by atoms with E-state index in [1.165, 1.54) is 48.5 Å². The molecule has 11 amide bonds. The van der Waals surface area contributed by atoms with E-state index in [1.807, 2.05) is 0 Å². The van der Waals surface area contributed by atoms with E-state index in [9.17, 15) is 58.2 Å². The average molecular weight is 1190 g/mol. The molecule has 0 saturated carbocycles. The fraction of sp³-hybridized carbons (Fsp3) is 0.537. The number of nitrogens with one attached hydrogen (secondary N) is 10. The van der Waals surface area contributed by atoms with Crippen LogP contribution in [-0.4, -0.2) is 162 Å². The van der Waals surface area contributed by atoms with Crippen LogP contribution in [0.3, 0.4) is 0 Å². The first kappa shape index (κ1) is 69.8. The molecule has 85 heavy (non-hydrogen) atoms. The molecular formula is C54H85N19O12. The van der Waals surface area contributed by atoms with Crippen molar-refractivity contribution >= 4 is 77.1 Å². The zero-order valence-electron chi connectivity index (χ0n) is 48.2. The minimum atomic E-state index is -1.52. The molecule has 3 rings (SSSR count). The zero-order chi connectivity index (χ0) is 63.0. The molecule has 31 heteroatoms. The third kappa shape index (κ3) is 27.9. The van der Waals surface area contributed by atoms with Gasteiger partial charge in [-0.3, -0.25) is 63.4 Å². The Morgan fingerprint density at radius 1 is 0.694 bits per heavy atom. The van der Waals surface area contributed by atoms with Crippen molar-refractivity contribution in [3.05, 3.63) is 59.7 Å². The summed E-state index contributed by atoms with van der Waals surface area (Å²) in [7, 11) is 0. The number of hydrogen-bond donors (Lipinski definition) is 18. The topological polar surface area (TPSA) is 525 Å². The fourth-order valence-electron chi connectivity index (χ4n) is 8.47. The Labute approximate surface area is 492 Å². The van der Waals surface area contributed by atoms with Gasteiger partial charge in [0, 0.05) is 52.0 Å². The van der Waals surface area contributed by atoms with Gasteiger partial charge in [0.15, 0.2) is 17.9 Å². The highest BCUT2D eigenvalue weighted by Gasteiger charge is 2.35. The molecule has 0 fully saturated rings. The van der Waals surface area contributed by atoms with E-state index in [0.29, 0.717) is 24.0 Å². The number of amides is 11. The van der Waals surface area contributed by atoms with Crippen LogP contribution in [0.5, 0.6) is 11.5 Å². The van der Waals surface area contributed by atoms with Gasteiger partial charge in [-0.25, -0.2) is 4.79 Å².